The maximum Gasteiger partial charge on any atom is 0.371 e. The lowest BCUT2D eigenvalue weighted by Gasteiger charge is -2.13. The number of aliphatic hydroxyl groups is 1. The van der Waals surface area contributed by atoms with Gasteiger partial charge in [-0.3, -0.25) is 4.79 Å². The van der Waals surface area contributed by atoms with Gasteiger partial charge in [-0.15, -0.1) is 0 Å². The first kappa shape index (κ1) is 30.7. The summed E-state index contributed by atoms with van der Waals surface area (Å²) in [6.45, 7) is 3.11. The van der Waals surface area contributed by atoms with Crippen molar-refractivity contribution in [2.45, 2.75) is 18.9 Å². The first-order chi connectivity index (χ1) is 18.9. The van der Waals surface area contributed by atoms with Crippen molar-refractivity contribution in [3.05, 3.63) is 86.4 Å². The number of rotatable bonds is 14. The molecule has 0 spiro atoms. The van der Waals surface area contributed by atoms with Crippen molar-refractivity contribution in [3.63, 3.8) is 0 Å². The minimum absolute atomic E-state index is 0.0204. The van der Waals surface area contributed by atoms with Crippen molar-refractivity contribution >= 4 is 50.9 Å². The van der Waals surface area contributed by atoms with E-state index in [9.17, 15) is 19.8 Å². The zero-order chi connectivity index (χ0) is 28.0. The molecular weight excluding hydrogens is 562 g/mol. The highest BCUT2D eigenvalue weighted by Gasteiger charge is 2.15. The Morgan fingerprint density at radius 2 is 1.90 bits per heavy atom. The Labute approximate surface area is 239 Å². The molecule has 0 bridgehead atoms. The summed E-state index contributed by atoms with van der Waals surface area (Å²) in [7, 11) is 0. The number of aromatic hydroxyl groups is 1. The van der Waals surface area contributed by atoms with Gasteiger partial charge in [-0.2, -0.15) is 11.8 Å². The van der Waals surface area contributed by atoms with Crippen molar-refractivity contribution in [3.8, 4) is 5.75 Å². The summed E-state index contributed by atoms with van der Waals surface area (Å²) in [4.78, 5) is 23.9. The monoisotopic (exact) mass is 593 g/mol. The van der Waals surface area contributed by atoms with Crippen molar-refractivity contribution in [2.75, 3.05) is 37.7 Å². The van der Waals surface area contributed by atoms with Crippen molar-refractivity contribution in [1.29, 1.82) is 0 Å². The Bertz CT molecular complexity index is 1360. The predicted octanol–water partition coefficient (Wildman–Crippen LogP) is 4.51. The summed E-state index contributed by atoms with van der Waals surface area (Å²) in [6, 6.07) is 14.0. The normalized spacial score (nSPS) is 11.7. The zero-order valence-corrected chi connectivity index (χ0v) is 23.6. The van der Waals surface area contributed by atoms with Crippen LogP contribution in [0.1, 0.15) is 34.2 Å². The lowest BCUT2D eigenvalue weighted by atomic mass is 10.1. The van der Waals surface area contributed by atoms with Crippen LogP contribution >= 0.6 is 34.7 Å². The first-order valence-corrected chi connectivity index (χ1v) is 14.7. The van der Waals surface area contributed by atoms with E-state index in [4.69, 9.17) is 16.7 Å². The molecule has 4 rings (SSSR count). The number of phenolic OH excluding ortho intramolecular Hbond substituents is 1. The second-order valence-electron chi connectivity index (χ2n) is 8.45. The molecule has 4 aromatic rings. The molecular formula is C27H32ClN3O6S2. The van der Waals surface area contributed by atoms with Crippen LogP contribution in [0.5, 0.6) is 5.75 Å². The molecule has 0 fully saturated rings. The molecule has 1 atom stereocenters. The van der Waals surface area contributed by atoms with E-state index in [2.05, 4.69) is 26.1 Å². The molecule has 0 amide bonds. The van der Waals surface area contributed by atoms with Crippen LogP contribution < -0.4 is 15.5 Å². The number of thioether (sulfide) groups is 1. The number of benzene rings is 2. The number of halogens is 1. The number of aromatic amines is 1. The predicted molar refractivity (Wildman–Crippen MR) is 158 cm³/mol. The average Bonchev–Trinajstić information content (AvgIpc) is 3.59. The SMILES string of the molecule is O=C(O)c1ccco1.O=c1[nH]c2c(O)ccc([C@@H](O)CNCCSCCCNCCc3ccccc3Cl)c2s1. The molecule has 0 aliphatic rings. The van der Waals surface area contributed by atoms with Crippen LogP contribution in [-0.4, -0.2) is 64.0 Å². The smallest absolute Gasteiger partial charge is 0.371 e. The fourth-order valence-corrected chi connectivity index (χ4v) is 5.64. The van der Waals surface area contributed by atoms with E-state index in [1.165, 1.54) is 30.0 Å². The average molecular weight is 594 g/mol. The summed E-state index contributed by atoms with van der Waals surface area (Å²) in [6.07, 6.45) is 2.63. The van der Waals surface area contributed by atoms with E-state index in [0.29, 0.717) is 22.3 Å². The number of H-pyrrole nitrogens is 1. The highest BCUT2D eigenvalue weighted by molar-refractivity contribution is 7.99. The van der Waals surface area contributed by atoms with E-state index in [0.717, 1.165) is 60.3 Å². The Morgan fingerprint density at radius 3 is 2.62 bits per heavy atom. The molecule has 6 N–H and O–H groups in total. The minimum atomic E-state index is -1.03. The van der Waals surface area contributed by atoms with E-state index in [-0.39, 0.29) is 16.4 Å². The third-order valence-electron chi connectivity index (χ3n) is 5.61. The number of furan rings is 1. The Balaban J connectivity index is 0.000000449. The van der Waals surface area contributed by atoms with Gasteiger partial charge in [0, 0.05) is 29.4 Å². The summed E-state index contributed by atoms with van der Waals surface area (Å²) in [5.74, 6) is 1.01. The van der Waals surface area contributed by atoms with E-state index in [1.807, 2.05) is 30.0 Å². The molecule has 12 heteroatoms. The highest BCUT2D eigenvalue weighted by Crippen LogP contribution is 2.31. The van der Waals surface area contributed by atoms with E-state index in [1.54, 1.807) is 6.07 Å². The molecule has 2 heterocycles. The summed E-state index contributed by atoms with van der Waals surface area (Å²) in [5.41, 5.74) is 2.22. The van der Waals surface area contributed by atoms with Gasteiger partial charge < -0.3 is 35.4 Å². The Morgan fingerprint density at radius 1 is 1.08 bits per heavy atom. The van der Waals surface area contributed by atoms with Gasteiger partial charge in [-0.25, -0.2) is 4.79 Å². The van der Waals surface area contributed by atoms with Gasteiger partial charge in [0.2, 0.25) is 5.76 Å². The van der Waals surface area contributed by atoms with Gasteiger partial charge in [0.15, 0.2) is 0 Å². The maximum absolute atomic E-state index is 11.6. The quantitative estimate of drug-likeness (QED) is 0.116. The molecule has 210 valence electrons. The zero-order valence-electron chi connectivity index (χ0n) is 21.2. The van der Waals surface area contributed by atoms with Crippen LogP contribution in [-0.2, 0) is 6.42 Å². The summed E-state index contributed by atoms with van der Waals surface area (Å²) < 4.78 is 5.10. The van der Waals surface area contributed by atoms with Crippen LogP contribution in [0.4, 0.5) is 0 Å². The summed E-state index contributed by atoms with van der Waals surface area (Å²) in [5, 5.41) is 36.0. The lowest BCUT2D eigenvalue weighted by molar-refractivity contribution is 0.0662. The number of carboxylic acid groups (broad SMARTS) is 1. The molecule has 0 aliphatic carbocycles. The second kappa shape index (κ2) is 16.3. The topological polar surface area (TPSA) is 148 Å². The van der Waals surface area contributed by atoms with Gasteiger partial charge >= 0.3 is 10.8 Å². The number of thiazole rings is 1. The number of fused-ring (bicyclic) bond motifs is 1. The number of aromatic carboxylic acids is 1. The number of carbonyl (C=O) groups is 1. The highest BCUT2D eigenvalue weighted by atomic mass is 35.5. The number of hydrogen-bond acceptors (Lipinski definition) is 9. The Hall–Kier alpha value is -2.80. The lowest BCUT2D eigenvalue weighted by Crippen LogP contribution is -2.24. The second-order valence-corrected chi connectivity index (χ2v) is 11.1. The fourth-order valence-electron chi connectivity index (χ4n) is 3.65. The number of phenols is 1. The van der Waals surface area contributed by atoms with E-state index >= 15 is 0 Å². The van der Waals surface area contributed by atoms with Gasteiger partial charge in [0.05, 0.1) is 17.1 Å². The van der Waals surface area contributed by atoms with Crippen LogP contribution in [0.3, 0.4) is 0 Å². The van der Waals surface area contributed by atoms with Crippen LogP contribution in [0.25, 0.3) is 10.2 Å². The first-order valence-electron chi connectivity index (χ1n) is 12.4. The molecule has 0 aliphatic heterocycles. The maximum atomic E-state index is 11.6. The van der Waals surface area contributed by atoms with Crippen molar-refractivity contribution in [1.82, 2.24) is 15.6 Å². The van der Waals surface area contributed by atoms with Gasteiger partial charge in [0.25, 0.3) is 0 Å². The molecule has 9 nitrogen and oxygen atoms in total. The van der Waals surface area contributed by atoms with Crippen LogP contribution in [0.2, 0.25) is 5.02 Å². The number of aliphatic hydroxyl groups excluding tert-OH is 1. The number of nitrogens with one attached hydrogen (secondary N) is 3. The third-order valence-corrected chi connectivity index (χ3v) is 7.98. The minimum Gasteiger partial charge on any atom is -0.506 e. The molecule has 0 saturated carbocycles. The standard InChI is InChI=1S/C22H28ClN3O3S2.C5H4O3/c23-17-5-2-1-4-15(17)8-10-24-9-3-12-30-13-11-25-14-19(28)16-6-7-18(27)20-21(16)31-22(29)26-20;6-5(7)4-2-1-3-8-4/h1-2,4-7,19,24-25,27-28H,3,8-14H2,(H,26,29);1-3H,(H,6,7)/t19-;/m0./s1. The van der Waals surface area contributed by atoms with Crippen molar-refractivity contribution in [2.24, 2.45) is 0 Å². The Kier molecular flexibility index (Phi) is 12.9. The molecule has 2 aromatic heterocycles. The number of hydrogen-bond donors (Lipinski definition) is 6. The summed E-state index contributed by atoms with van der Waals surface area (Å²) >= 11 is 9.04. The van der Waals surface area contributed by atoms with E-state index < -0.39 is 12.1 Å². The molecule has 0 saturated heterocycles. The molecule has 39 heavy (non-hydrogen) atoms. The van der Waals surface area contributed by atoms with Crippen molar-refractivity contribution < 1.29 is 24.5 Å². The number of aromatic nitrogens is 1. The van der Waals surface area contributed by atoms with Gasteiger partial charge in [-0.1, -0.05) is 47.2 Å². The molecule has 0 radical (unpaired) electrons. The van der Waals surface area contributed by atoms with Crippen LogP contribution in [0, 0.1) is 0 Å². The number of carboxylic acids is 1. The largest absolute Gasteiger partial charge is 0.506 e. The van der Waals surface area contributed by atoms with Crippen LogP contribution in [0.15, 0.2) is 64.0 Å². The molecule has 0 unspecified atom stereocenters. The molecule has 2 aromatic carbocycles. The third kappa shape index (κ3) is 10.0. The van der Waals surface area contributed by atoms with Gasteiger partial charge in [-0.05, 0) is 61.5 Å². The fraction of sp³-hybridized carbons (Fsp3) is 0.333. The van der Waals surface area contributed by atoms with Gasteiger partial charge in [0.1, 0.15) is 11.3 Å².